The molecule has 4 amide bonds. The molecule has 1 unspecified atom stereocenters. The fraction of sp³-hybridized carbons (Fsp3) is 0.460. The summed E-state index contributed by atoms with van der Waals surface area (Å²) in [6.07, 6.45) is 9.43. The number of ether oxygens (including phenoxy) is 2. The molecule has 4 aliphatic rings. The van der Waals surface area contributed by atoms with Gasteiger partial charge in [0.1, 0.15) is 12.3 Å². The number of aryl methyl sites for hydroxylation is 1. The molecule has 3 aromatic heterocycles. The van der Waals surface area contributed by atoms with Crippen LogP contribution in [0.2, 0.25) is 0 Å². The number of alkyl halides is 2. The zero-order chi connectivity index (χ0) is 47.0. The first kappa shape index (κ1) is 46.9. The van der Waals surface area contributed by atoms with Gasteiger partial charge in [0.25, 0.3) is 18.2 Å². The van der Waals surface area contributed by atoms with Gasteiger partial charge in [0.2, 0.25) is 17.7 Å². The van der Waals surface area contributed by atoms with Crippen molar-refractivity contribution in [3.05, 3.63) is 113 Å². The van der Waals surface area contributed by atoms with Gasteiger partial charge in [0.15, 0.2) is 11.4 Å². The number of carbonyl (C=O) groups is 4. The Labute approximate surface area is 393 Å². The van der Waals surface area contributed by atoms with Crippen LogP contribution in [-0.4, -0.2) is 112 Å². The lowest BCUT2D eigenvalue weighted by atomic mass is 9.87. The number of anilines is 1. The molecule has 3 aliphatic heterocycles. The van der Waals surface area contributed by atoms with E-state index in [-0.39, 0.29) is 41.4 Å². The summed E-state index contributed by atoms with van der Waals surface area (Å²) in [6, 6.07) is 16.2. The van der Waals surface area contributed by atoms with Gasteiger partial charge in [-0.15, -0.1) is 0 Å². The molecule has 6 heterocycles. The second kappa shape index (κ2) is 21.8. The summed E-state index contributed by atoms with van der Waals surface area (Å²) >= 11 is 0. The van der Waals surface area contributed by atoms with E-state index in [0.29, 0.717) is 75.2 Å². The summed E-state index contributed by atoms with van der Waals surface area (Å²) in [7, 11) is 0. The molecule has 3 N–H and O–H groups in total. The van der Waals surface area contributed by atoms with Gasteiger partial charge in [0, 0.05) is 55.6 Å². The Morgan fingerprint density at radius 1 is 0.941 bits per heavy atom. The van der Waals surface area contributed by atoms with Crippen LogP contribution in [0.3, 0.4) is 0 Å². The lowest BCUT2D eigenvalue weighted by molar-refractivity contribution is -0.136. The molecule has 0 spiro atoms. The van der Waals surface area contributed by atoms with E-state index in [9.17, 15) is 28.0 Å². The number of likely N-dealkylation sites (tertiary alicyclic amines) is 1. The average molecular weight is 934 g/mol. The van der Waals surface area contributed by atoms with Crippen LogP contribution < -0.4 is 16.0 Å². The van der Waals surface area contributed by atoms with E-state index in [1.807, 2.05) is 30.3 Å². The lowest BCUT2D eigenvalue weighted by Crippen LogP contribution is -2.52. The van der Waals surface area contributed by atoms with Gasteiger partial charge in [0.05, 0.1) is 44.0 Å². The third-order valence-corrected chi connectivity index (χ3v) is 13.3. The number of aromatic nitrogens is 4. The number of hydrogen-bond acceptors (Lipinski definition) is 12. The smallest absolute Gasteiger partial charge is 0.284 e. The maximum atomic E-state index is 14.1. The van der Waals surface area contributed by atoms with E-state index in [1.165, 1.54) is 35.5 Å². The van der Waals surface area contributed by atoms with Crippen LogP contribution >= 0.6 is 0 Å². The van der Waals surface area contributed by atoms with Gasteiger partial charge >= 0.3 is 0 Å². The average Bonchev–Trinajstić information content (AvgIpc) is 3.69. The van der Waals surface area contributed by atoms with Crippen molar-refractivity contribution in [1.82, 2.24) is 40.2 Å². The third-order valence-electron chi connectivity index (χ3n) is 13.3. The first-order valence-electron chi connectivity index (χ1n) is 23.7. The number of benzene rings is 2. The first-order valence-corrected chi connectivity index (χ1v) is 23.7. The van der Waals surface area contributed by atoms with Crippen molar-refractivity contribution in [2.45, 2.75) is 83.3 Å². The highest BCUT2D eigenvalue weighted by Gasteiger charge is 2.40. The molecule has 1 atom stereocenters. The normalized spacial score (nSPS) is 17.8. The Balaban J connectivity index is 0.636. The van der Waals surface area contributed by atoms with E-state index >= 15 is 0 Å². The molecule has 68 heavy (non-hydrogen) atoms. The van der Waals surface area contributed by atoms with Crippen LogP contribution in [0.25, 0.3) is 17.1 Å². The predicted molar refractivity (Wildman–Crippen MR) is 246 cm³/mol. The Morgan fingerprint density at radius 2 is 1.75 bits per heavy atom. The monoisotopic (exact) mass is 933 g/mol. The van der Waals surface area contributed by atoms with Gasteiger partial charge in [-0.25, -0.2) is 18.4 Å². The molecule has 0 bridgehead atoms. The fourth-order valence-corrected chi connectivity index (χ4v) is 9.21. The summed E-state index contributed by atoms with van der Waals surface area (Å²) in [6.45, 7) is 6.59. The first-order chi connectivity index (χ1) is 33.1. The summed E-state index contributed by atoms with van der Waals surface area (Å²) < 4.78 is 46.6. The number of piperidine rings is 2. The molecular weight excluding hydrogens is 877 g/mol. The number of rotatable bonds is 22. The van der Waals surface area contributed by atoms with Gasteiger partial charge < -0.3 is 34.3 Å². The van der Waals surface area contributed by atoms with Crippen LogP contribution in [0.15, 0.2) is 77.7 Å². The number of amides is 4. The lowest BCUT2D eigenvalue weighted by Gasteiger charge is -2.32. The van der Waals surface area contributed by atoms with Crippen molar-refractivity contribution in [3.63, 3.8) is 0 Å². The largest absolute Gasteiger partial charge is 0.444 e. The zero-order valence-electron chi connectivity index (χ0n) is 38.0. The molecule has 1 aliphatic carbocycles. The number of carbonyl (C=O) groups excluding carboxylic acids is 4. The van der Waals surface area contributed by atoms with Gasteiger partial charge in [-0.1, -0.05) is 37.1 Å². The van der Waals surface area contributed by atoms with Crippen molar-refractivity contribution < 1.29 is 41.8 Å². The summed E-state index contributed by atoms with van der Waals surface area (Å²) in [5.74, 6) is 0.0313. The topological polar surface area (TPSA) is 186 Å². The van der Waals surface area contributed by atoms with E-state index in [4.69, 9.17) is 13.9 Å². The van der Waals surface area contributed by atoms with Crippen LogP contribution in [0.1, 0.15) is 100 Å². The number of oxazole rings is 1. The molecule has 16 nitrogen and oxygen atoms in total. The van der Waals surface area contributed by atoms with Crippen LogP contribution in [0.5, 0.6) is 0 Å². The molecule has 358 valence electrons. The Hall–Kier alpha value is -6.21. The van der Waals surface area contributed by atoms with Gasteiger partial charge in [-0.2, -0.15) is 5.10 Å². The quantitative estimate of drug-likeness (QED) is 0.0521. The Kier molecular flexibility index (Phi) is 15.0. The minimum atomic E-state index is -2.92. The zero-order valence-corrected chi connectivity index (χ0v) is 38.0. The van der Waals surface area contributed by atoms with E-state index in [0.717, 1.165) is 74.5 Å². The minimum Gasteiger partial charge on any atom is -0.444 e. The summed E-state index contributed by atoms with van der Waals surface area (Å²) in [5.41, 5.74) is 5.28. The Bertz CT molecular complexity index is 2570. The highest BCUT2D eigenvalue weighted by Crippen LogP contribution is 2.35. The maximum absolute atomic E-state index is 14.1. The highest BCUT2D eigenvalue weighted by atomic mass is 19.3. The predicted octanol–water partition coefficient (Wildman–Crippen LogP) is 6.29. The fourth-order valence-electron chi connectivity index (χ4n) is 9.21. The van der Waals surface area contributed by atoms with Crippen molar-refractivity contribution >= 4 is 29.3 Å². The highest BCUT2D eigenvalue weighted by molar-refractivity contribution is 6.05. The molecule has 18 heteroatoms. The molecule has 0 radical (unpaired) electrons. The molecule has 9 rings (SSSR count). The number of hydrogen-bond donors (Lipinski definition) is 3. The summed E-state index contributed by atoms with van der Waals surface area (Å²) in [5, 5.41) is 12.3. The van der Waals surface area contributed by atoms with Crippen molar-refractivity contribution in [3.8, 4) is 17.1 Å². The van der Waals surface area contributed by atoms with E-state index in [1.54, 1.807) is 29.3 Å². The summed E-state index contributed by atoms with van der Waals surface area (Å²) in [4.78, 5) is 63.3. The van der Waals surface area contributed by atoms with E-state index in [2.05, 4.69) is 42.0 Å². The minimum absolute atomic E-state index is 0.0463. The van der Waals surface area contributed by atoms with Crippen molar-refractivity contribution in [1.29, 1.82) is 0 Å². The molecule has 5 aromatic rings. The number of nitrogens with zero attached hydrogens (tertiary/aromatic N) is 6. The number of nitrogens with one attached hydrogen (secondary N) is 3. The van der Waals surface area contributed by atoms with Crippen molar-refractivity contribution in [2.75, 3.05) is 57.9 Å². The third kappa shape index (κ3) is 11.7. The number of fused-ring (bicyclic) bond motifs is 1. The molecule has 1 saturated carbocycles. The van der Waals surface area contributed by atoms with Crippen LogP contribution in [0, 0.1) is 11.8 Å². The van der Waals surface area contributed by atoms with Crippen molar-refractivity contribution in [2.24, 2.45) is 11.8 Å². The SMILES string of the molecule is O=C1CCC(N2Cc3c(CC4CCN(CCOCCOCCNCc5ccc(-n6cc(NC(=O)c7coc(-c8ccnc(CCC9CC9)c8)n7)c(C(F)F)n6)cc5)CC4)cccc3C2=O)C(=O)N1. The molecule has 2 aromatic carbocycles. The number of halogens is 2. The standard InChI is InChI=1S/C50H57F2N9O7/c51-46(52)45-41(55-47(63)42-31-68-49(56-42)36-14-17-54-37(27-36)9-6-32-4-5-32)30-61(58-45)38-10-7-34(8-11-38)28-53-18-22-66-24-25-67-23-21-59-19-15-33(16-20-59)26-35-2-1-3-39-40(35)29-60(50(39)65)43-12-13-44(62)57-48(43)64/h1-3,7-8,10-11,14,17,27,30-33,43,46,53H,4-6,9,12-13,15-16,18-26,28-29H2,(H,55,63)(H,57,62,64). The second-order valence-corrected chi connectivity index (χ2v) is 18.1. The molecule has 2 saturated heterocycles. The van der Waals surface area contributed by atoms with Gasteiger partial charge in [-0.05, 0) is 110 Å². The van der Waals surface area contributed by atoms with Crippen LogP contribution in [-0.2, 0) is 45.0 Å². The molecule has 3 fully saturated rings. The number of imide groups is 1. The van der Waals surface area contributed by atoms with E-state index < -0.39 is 24.1 Å². The second-order valence-electron chi connectivity index (χ2n) is 18.1. The maximum Gasteiger partial charge on any atom is 0.284 e. The number of pyridine rings is 1. The Morgan fingerprint density at radius 3 is 2.53 bits per heavy atom. The van der Waals surface area contributed by atoms with Gasteiger partial charge in [-0.3, -0.25) is 29.5 Å². The molecular formula is C50H57F2N9O7. The van der Waals surface area contributed by atoms with Crippen LogP contribution in [0.4, 0.5) is 14.5 Å².